The molecule has 3 rings (SSSR count). The highest BCUT2D eigenvalue weighted by Crippen LogP contribution is 2.20. The molecule has 6 nitrogen and oxygen atoms in total. The van der Waals surface area contributed by atoms with Crippen molar-refractivity contribution in [2.75, 3.05) is 11.1 Å². The Morgan fingerprint density at radius 1 is 1.12 bits per heavy atom. The molecule has 1 fully saturated rings. The number of hydrogen-bond acceptors (Lipinski definition) is 5. The van der Waals surface area contributed by atoms with Gasteiger partial charge in [0.15, 0.2) is 5.16 Å². The van der Waals surface area contributed by atoms with Gasteiger partial charge in [-0.2, -0.15) is 0 Å². The first kappa shape index (κ1) is 17.4. The molecular formula is C18H20N4O2S. The van der Waals surface area contributed by atoms with Gasteiger partial charge < -0.3 is 10.6 Å². The van der Waals surface area contributed by atoms with E-state index < -0.39 is 0 Å². The molecule has 1 aliphatic carbocycles. The lowest BCUT2D eigenvalue weighted by molar-refractivity contribution is -0.113. The highest BCUT2D eigenvalue weighted by Gasteiger charge is 2.23. The minimum absolute atomic E-state index is 0.0668. The van der Waals surface area contributed by atoms with Crippen molar-refractivity contribution in [3.8, 4) is 0 Å². The van der Waals surface area contributed by atoms with Crippen molar-refractivity contribution in [3.63, 3.8) is 0 Å². The summed E-state index contributed by atoms with van der Waals surface area (Å²) in [5.74, 6) is 0.0261. The maximum atomic E-state index is 12.1. The smallest absolute Gasteiger partial charge is 0.251 e. The third kappa shape index (κ3) is 5.29. The zero-order valence-electron chi connectivity index (χ0n) is 14.2. The lowest BCUT2D eigenvalue weighted by atomic mass is 10.2. The Kier molecular flexibility index (Phi) is 5.33. The average molecular weight is 356 g/mol. The minimum Gasteiger partial charge on any atom is -0.349 e. The molecule has 0 saturated heterocycles. The van der Waals surface area contributed by atoms with Crippen LogP contribution in [0.1, 0.15) is 34.6 Å². The number of thioether (sulfide) groups is 1. The van der Waals surface area contributed by atoms with Gasteiger partial charge in [-0.25, -0.2) is 9.97 Å². The maximum Gasteiger partial charge on any atom is 0.251 e. The Bertz CT molecular complexity index is 768. The number of carbonyl (C=O) groups excluding carboxylic acids is 2. The first-order chi connectivity index (χ1) is 12.0. The fourth-order valence-electron chi connectivity index (χ4n) is 2.29. The molecule has 2 N–H and O–H groups in total. The first-order valence-electron chi connectivity index (χ1n) is 8.15. The van der Waals surface area contributed by atoms with Crippen LogP contribution in [-0.2, 0) is 4.79 Å². The quantitative estimate of drug-likeness (QED) is 0.614. The van der Waals surface area contributed by atoms with Crippen LogP contribution in [0.2, 0.25) is 0 Å². The van der Waals surface area contributed by atoms with Crippen LogP contribution in [0.5, 0.6) is 0 Å². The van der Waals surface area contributed by atoms with E-state index in [4.69, 9.17) is 0 Å². The summed E-state index contributed by atoms with van der Waals surface area (Å²) in [6.45, 7) is 3.81. The molecule has 1 heterocycles. The van der Waals surface area contributed by atoms with Gasteiger partial charge in [0, 0.05) is 28.7 Å². The number of carbonyl (C=O) groups is 2. The number of aromatic nitrogens is 2. The number of nitrogens with one attached hydrogen (secondary N) is 2. The molecule has 7 heteroatoms. The number of hydrogen-bond donors (Lipinski definition) is 2. The van der Waals surface area contributed by atoms with Crippen molar-refractivity contribution in [3.05, 3.63) is 47.3 Å². The normalized spacial score (nSPS) is 13.4. The van der Waals surface area contributed by atoms with E-state index in [0.29, 0.717) is 22.4 Å². The molecule has 0 bridgehead atoms. The highest BCUT2D eigenvalue weighted by molar-refractivity contribution is 7.99. The zero-order chi connectivity index (χ0) is 17.8. The van der Waals surface area contributed by atoms with E-state index in [9.17, 15) is 9.59 Å². The molecule has 130 valence electrons. The Morgan fingerprint density at radius 2 is 1.76 bits per heavy atom. The van der Waals surface area contributed by atoms with Gasteiger partial charge in [0.1, 0.15) is 0 Å². The summed E-state index contributed by atoms with van der Waals surface area (Å²) >= 11 is 1.30. The van der Waals surface area contributed by atoms with Crippen molar-refractivity contribution in [1.82, 2.24) is 15.3 Å². The summed E-state index contributed by atoms with van der Waals surface area (Å²) in [7, 11) is 0. The predicted molar refractivity (Wildman–Crippen MR) is 97.8 cm³/mol. The molecule has 2 aromatic rings. The summed E-state index contributed by atoms with van der Waals surface area (Å²) in [4.78, 5) is 32.6. The number of rotatable bonds is 6. The van der Waals surface area contributed by atoms with Crippen LogP contribution < -0.4 is 10.6 Å². The van der Waals surface area contributed by atoms with Gasteiger partial charge in [0.25, 0.3) is 5.91 Å². The van der Waals surface area contributed by atoms with Crippen LogP contribution in [0.25, 0.3) is 0 Å². The van der Waals surface area contributed by atoms with E-state index in [2.05, 4.69) is 20.6 Å². The monoisotopic (exact) mass is 356 g/mol. The molecule has 0 unspecified atom stereocenters. The molecule has 0 spiro atoms. The van der Waals surface area contributed by atoms with Crippen molar-refractivity contribution in [1.29, 1.82) is 0 Å². The van der Waals surface area contributed by atoms with Crippen LogP contribution in [0.15, 0.2) is 35.5 Å². The molecule has 1 aromatic carbocycles. The van der Waals surface area contributed by atoms with E-state index >= 15 is 0 Å². The molecule has 0 atom stereocenters. The number of aryl methyl sites for hydroxylation is 2. The summed E-state index contributed by atoms with van der Waals surface area (Å²) in [5.41, 5.74) is 3.03. The number of benzene rings is 1. The van der Waals surface area contributed by atoms with Crippen LogP contribution in [0.3, 0.4) is 0 Å². The maximum absolute atomic E-state index is 12.1. The number of nitrogens with zero attached hydrogens (tertiary/aromatic N) is 2. The van der Waals surface area contributed by atoms with Crippen LogP contribution in [-0.4, -0.2) is 33.6 Å². The van der Waals surface area contributed by atoms with Gasteiger partial charge in [-0.3, -0.25) is 9.59 Å². The van der Waals surface area contributed by atoms with E-state index in [1.807, 2.05) is 19.9 Å². The molecular weight excluding hydrogens is 336 g/mol. The van der Waals surface area contributed by atoms with Crippen LogP contribution >= 0.6 is 11.8 Å². The van der Waals surface area contributed by atoms with Gasteiger partial charge in [-0.05, 0) is 57.0 Å². The van der Waals surface area contributed by atoms with Gasteiger partial charge in [-0.1, -0.05) is 11.8 Å². The fraction of sp³-hybridized carbons (Fsp3) is 0.333. The largest absolute Gasteiger partial charge is 0.349 e. The lowest BCUT2D eigenvalue weighted by Gasteiger charge is -2.07. The van der Waals surface area contributed by atoms with Crippen LogP contribution in [0, 0.1) is 13.8 Å². The van der Waals surface area contributed by atoms with Crippen molar-refractivity contribution >= 4 is 29.3 Å². The second-order valence-electron chi connectivity index (χ2n) is 6.10. The summed E-state index contributed by atoms with van der Waals surface area (Å²) in [5, 5.41) is 6.35. The van der Waals surface area contributed by atoms with Crippen molar-refractivity contribution in [2.45, 2.75) is 37.9 Å². The van der Waals surface area contributed by atoms with Gasteiger partial charge in [-0.15, -0.1) is 0 Å². The molecule has 0 radical (unpaired) electrons. The third-order valence-corrected chi connectivity index (χ3v) is 4.48. The van der Waals surface area contributed by atoms with Crippen molar-refractivity contribution < 1.29 is 9.59 Å². The zero-order valence-corrected chi connectivity index (χ0v) is 15.0. The van der Waals surface area contributed by atoms with E-state index in [0.717, 1.165) is 24.2 Å². The topological polar surface area (TPSA) is 84.0 Å². The predicted octanol–water partition coefficient (Wildman–Crippen LogP) is 2.72. The Balaban J connectivity index is 1.51. The number of amides is 2. The molecule has 0 aliphatic heterocycles. The molecule has 1 aromatic heterocycles. The molecule has 1 saturated carbocycles. The number of anilines is 1. The standard InChI is InChI=1S/C18H20N4O2S/c1-11-9-12(2)20-18(19-11)25-10-16(23)21-14-5-3-13(4-6-14)17(24)22-15-7-8-15/h3-6,9,15H,7-8,10H2,1-2H3,(H,21,23)(H,22,24). The van der Waals surface area contributed by atoms with Crippen molar-refractivity contribution in [2.24, 2.45) is 0 Å². The summed E-state index contributed by atoms with van der Waals surface area (Å²) < 4.78 is 0. The second kappa shape index (κ2) is 7.65. The second-order valence-corrected chi connectivity index (χ2v) is 7.04. The SMILES string of the molecule is Cc1cc(C)nc(SCC(=O)Nc2ccc(C(=O)NC3CC3)cc2)n1. The third-order valence-electron chi connectivity index (χ3n) is 3.64. The Hall–Kier alpha value is -2.41. The Labute approximate surface area is 150 Å². The highest BCUT2D eigenvalue weighted by atomic mass is 32.2. The molecule has 2 amide bonds. The van der Waals surface area contributed by atoms with Gasteiger partial charge >= 0.3 is 0 Å². The molecule has 25 heavy (non-hydrogen) atoms. The first-order valence-corrected chi connectivity index (χ1v) is 9.14. The lowest BCUT2D eigenvalue weighted by Crippen LogP contribution is -2.25. The van der Waals surface area contributed by atoms with E-state index in [1.165, 1.54) is 11.8 Å². The van der Waals surface area contributed by atoms with Gasteiger partial charge in [0.2, 0.25) is 5.91 Å². The molecule has 1 aliphatic rings. The van der Waals surface area contributed by atoms with E-state index in [1.54, 1.807) is 24.3 Å². The average Bonchev–Trinajstić information content (AvgIpc) is 3.37. The van der Waals surface area contributed by atoms with Gasteiger partial charge in [0.05, 0.1) is 5.75 Å². The summed E-state index contributed by atoms with van der Waals surface area (Å²) in [6.07, 6.45) is 2.11. The Morgan fingerprint density at radius 3 is 2.36 bits per heavy atom. The fourth-order valence-corrected chi connectivity index (χ4v) is 3.04. The van der Waals surface area contributed by atoms with E-state index in [-0.39, 0.29) is 17.6 Å². The summed E-state index contributed by atoms with van der Waals surface area (Å²) in [6, 6.07) is 9.12. The van der Waals surface area contributed by atoms with Crippen LogP contribution in [0.4, 0.5) is 5.69 Å². The minimum atomic E-state index is -0.136.